The second kappa shape index (κ2) is 6.98. The zero-order chi connectivity index (χ0) is 18.0. The van der Waals surface area contributed by atoms with Crippen molar-refractivity contribution in [1.29, 1.82) is 0 Å². The van der Waals surface area contributed by atoms with Crippen molar-refractivity contribution in [2.24, 2.45) is 4.99 Å². The van der Waals surface area contributed by atoms with E-state index in [1.165, 1.54) is 42.0 Å². The Morgan fingerprint density at radius 1 is 1.24 bits per heavy atom. The number of carbonyl (C=O) groups is 1. The molecule has 1 heterocycles. The minimum atomic E-state index is -0.340. The molecule has 1 N–H and O–H groups in total. The van der Waals surface area contributed by atoms with Gasteiger partial charge >= 0.3 is 0 Å². The molecule has 1 fully saturated rings. The van der Waals surface area contributed by atoms with Gasteiger partial charge in [-0.15, -0.1) is 0 Å². The normalized spacial score (nSPS) is 17.6. The average molecular weight is 358 g/mol. The summed E-state index contributed by atoms with van der Waals surface area (Å²) in [5.74, 6) is -0.169. The molecule has 1 saturated heterocycles. The minimum Gasteiger partial charge on any atom is -0.504 e. The number of amidine groups is 1. The van der Waals surface area contributed by atoms with Gasteiger partial charge in [-0.25, -0.2) is 9.38 Å². The van der Waals surface area contributed by atoms with E-state index in [-0.39, 0.29) is 17.5 Å². The number of carbonyl (C=O) groups excluding carboxylic acids is 1. The number of hydrogen-bond acceptors (Lipinski definition) is 5. The third-order valence-electron chi connectivity index (χ3n) is 3.56. The van der Waals surface area contributed by atoms with Gasteiger partial charge in [-0.3, -0.25) is 9.69 Å². The molecule has 5 nitrogen and oxygen atoms in total. The summed E-state index contributed by atoms with van der Waals surface area (Å²) < 4.78 is 18.0. The van der Waals surface area contributed by atoms with E-state index >= 15 is 0 Å². The highest BCUT2D eigenvalue weighted by atomic mass is 32.2. The molecule has 0 spiro atoms. The predicted molar refractivity (Wildman–Crippen MR) is 96.5 cm³/mol. The quantitative estimate of drug-likeness (QED) is 0.849. The van der Waals surface area contributed by atoms with E-state index in [0.717, 1.165) is 0 Å². The van der Waals surface area contributed by atoms with Gasteiger partial charge in [0.25, 0.3) is 5.91 Å². The van der Waals surface area contributed by atoms with Gasteiger partial charge in [0.05, 0.1) is 17.7 Å². The molecule has 7 heteroatoms. The number of phenols is 1. The number of methoxy groups -OCH3 is 1. The first-order chi connectivity index (χ1) is 12.0. The first kappa shape index (κ1) is 17.0. The highest BCUT2D eigenvalue weighted by Crippen LogP contribution is 2.34. The van der Waals surface area contributed by atoms with Gasteiger partial charge in [-0.05, 0) is 59.8 Å². The maximum absolute atomic E-state index is 13.0. The molecule has 0 atom stereocenters. The van der Waals surface area contributed by atoms with Crippen LogP contribution in [0.15, 0.2) is 52.4 Å². The summed E-state index contributed by atoms with van der Waals surface area (Å²) in [5, 5.41) is 10.3. The first-order valence-electron chi connectivity index (χ1n) is 7.37. The SMILES string of the molecule is COc1ccc(/C=C2\SC(=Nc3ccc(F)cc3)N(C)C2=O)cc1O. The molecule has 0 aromatic heterocycles. The van der Waals surface area contributed by atoms with Crippen LogP contribution < -0.4 is 4.74 Å². The topological polar surface area (TPSA) is 62.1 Å². The fourth-order valence-corrected chi connectivity index (χ4v) is 3.21. The fourth-order valence-electron chi connectivity index (χ4n) is 2.23. The number of aromatic hydroxyl groups is 1. The van der Waals surface area contributed by atoms with Crippen LogP contribution in [0.25, 0.3) is 6.08 Å². The van der Waals surface area contributed by atoms with Crippen molar-refractivity contribution in [3.8, 4) is 11.5 Å². The summed E-state index contributed by atoms with van der Waals surface area (Å²) in [6.45, 7) is 0. The molecule has 1 amide bonds. The van der Waals surface area contributed by atoms with Crippen LogP contribution in [0.4, 0.5) is 10.1 Å². The van der Waals surface area contributed by atoms with Gasteiger partial charge in [-0.1, -0.05) is 6.07 Å². The van der Waals surface area contributed by atoms with Crippen LogP contribution in [0, 0.1) is 5.82 Å². The Bertz CT molecular complexity index is 878. The first-order valence-corrected chi connectivity index (χ1v) is 8.18. The highest BCUT2D eigenvalue weighted by molar-refractivity contribution is 8.18. The largest absolute Gasteiger partial charge is 0.504 e. The van der Waals surface area contributed by atoms with Crippen LogP contribution in [0.5, 0.6) is 11.5 Å². The second-order valence-corrected chi connectivity index (χ2v) is 6.29. The van der Waals surface area contributed by atoms with E-state index in [9.17, 15) is 14.3 Å². The maximum Gasteiger partial charge on any atom is 0.266 e. The zero-order valence-corrected chi connectivity index (χ0v) is 14.4. The van der Waals surface area contributed by atoms with Crippen molar-refractivity contribution in [2.45, 2.75) is 0 Å². The predicted octanol–water partition coefficient (Wildman–Crippen LogP) is 3.77. The van der Waals surface area contributed by atoms with E-state index in [2.05, 4.69) is 4.99 Å². The molecule has 25 heavy (non-hydrogen) atoms. The zero-order valence-electron chi connectivity index (χ0n) is 13.6. The molecule has 0 bridgehead atoms. The molecular weight excluding hydrogens is 343 g/mol. The van der Waals surface area contributed by atoms with Crippen molar-refractivity contribution >= 4 is 34.6 Å². The van der Waals surface area contributed by atoms with Crippen LogP contribution in [0.1, 0.15) is 5.56 Å². The van der Waals surface area contributed by atoms with Gasteiger partial charge in [-0.2, -0.15) is 0 Å². The number of aliphatic imine (C=N–C) groups is 1. The van der Waals surface area contributed by atoms with E-state index in [1.807, 2.05) is 0 Å². The molecule has 0 saturated carbocycles. The third-order valence-corrected chi connectivity index (χ3v) is 4.62. The molecule has 0 aliphatic carbocycles. The van der Waals surface area contributed by atoms with E-state index < -0.39 is 0 Å². The van der Waals surface area contributed by atoms with Gasteiger partial charge in [0.15, 0.2) is 16.7 Å². The second-order valence-electron chi connectivity index (χ2n) is 5.28. The van der Waals surface area contributed by atoms with Crippen molar-refractivity contribution in [3.63, 3.8) is 0 Å². The number of ether oxygens (including phenoxy) is 1. The fraction of sp³-hybridized carbons (Fsp3) is 0.111. The van der Waals surface area contributed by atoms with E-state index in [1.54, 1.807) is 37.4 Å². The molecule has 3 rings (SSSR count). The van der Waals surface area contributed by atoms with Gasteiger partial charge in [0.1, 0.15) is 5.82 Å². The lowest BCUT2D eigenvalue weighted by molar-refractivity contribution is -0.121. The number of nitrogens with zero attached hydrogens (tertiary/aromatic N) is 2. The summed E-state index contributed by atoms with van der Waals surface area (Å²) in [5.41, 5.74) is 1.23. The summed E-state index contributed by atoms with van der Waals surface area (Å²) in [6, 6.07) is 10.6. The summed E-state index contributed by atoms with van der Waals surface area (Å²) in [6.07, 6.45) is 1.68. The molecule has 2 aromatic carbocycles. The Hall–Kier alpha value is -2.80. The number of benzene rings is 2. The van der Waals surface area contributed by atoms with Crippen molar-refractivity contribution in [3.05, 3.63) is 58.8 Å². The van der Waals surface area contributed by atoms with Crippen LogP contribution in [-0.4, -0.2) is 35.2 Å². The van der Waals surface area contributed by atoms with Crippen molar-refractivity contribution in [1.82, 2.24) is 4.90 Å². The van der Waals surface area contributed by atoms with Gasteiger partial charge in [0, 0.05) is 7.05 Å². The van der Waals surface area contributed by atoms with Crippen LogP contribution in [0.3, 0.4) is 0 Å². The average Bonchev–Trinajstić information content (AvgIpc) is 2.85. The molecule has 1 aliphatic rings. The summed E-state index contributed by atoms with van der Waals surface area (Å²) in [7, 11) is 3.10. The number of likely N-dealkylation sites (N-methyl/N-ethyl adjacent to an activating group) is 1. The van der Waals surface area contributed by atoms with E-state index in [0.29, 0.717) is 27.1 Å². The molecule has 0 unspecified atom stereocenters. The molecule has 128 valence electrons. The molecular formula is C18H15FN2O3S. The minimum absolute atomic E-state index is 0.000790. The number of phenolic OH excluding ortho intramolecular Hbond substituents is 1. The lowest BCUT2D eigenvalue weighted by atomic mass is 10.2. The lowest BCUT2D eigenvalue weighted by Crippen LogP contribution is -2.23. The number of rotatable bonds is 3. The number of amides is 1. The third kappa shape index (κ3) is 3.66. The Morgan fingerprint density at radius 3 is 2.60 bits per heavy atom. The van der Waals surface area contributed by atoms with Crippen LogP contribution in [-0.2, 0) is 4.79 Å². The monoisotopic (exact) mass is 358 g/mol. The highest BCUT2D eigenvalue weighted by Gasteiger charge is 2.30. The van der Waals surface area contributed by atoms with Gasteiger partial charge in [0.2, 0.25) is 0 Å². The maximum atomic E-state index is 13.0. The molecule has 0 radical (unpaired) electrons. The van der Waals surface area contributed by atoms with E-state index in [4.69, 9.17) is 4.74 Å². The number of thioether (sulfide) groups is 1. The van der Waals surface area contributed by atoms with Crippen molar-refractivity contribution in [2.75, 3.05) is 14.2 Å². The standard InChI is InChI=1S/C18H15FN2O3S/c1-21-17(23)16(10-11-3-8-15(24-2)14(22)9-11)25-18(21)20-13-6-4-12(19)5-7-13/h3-10,22H,1-2H3/b16-10-,20-18?. The Kier molecular flexibility index (Phi) is 4.76. The number of hydrogen-bond donors (Lipinski definition) is 1. The number of halogens is 1. The Morgan fingerprint density at radius 2 is 1.96 bits per heavy atom. The van der Waals surface area contributed by atoms with Crippen LogP contribution in [0.2, 0.25) is 0 Å². The lowest BCUT2D eigenvalue weighted by Gasteiger charge is -2.07. The van der Waals surface area contributed by atoms with Gasteiger partial charge < -0.3 is 9.84 Å². The van der Waals surface area contributed by atoms with Crippen LogP contribution >= 0.6 is 11.8 Å². The smallest absolute Gasteiger partial charge is 0.266 e. The summed E-state index contributed by atoms with van der Waals surface area (Å²) >= 11 is 1.22. The summed E-state index contributed by atoms with van der Waals surface area (Å²) in [4.78, 5) is 18.7. The molecule has 2 aromatic rings. The Labute approximate surface area is 148 Å². The van der Waals surface area contributed by atoms with Crippen molar-refractivity contribution < 1.29 is 19.0 Å². The Balaban J connectivity index is 1.88. The molecule has 1 aliphatic heterocycles.